The second-order valence-corrected chi connectivity index (χ2v) is 17.3. The van der Waals surface area contributed by atoms with Gasteiger partial charge in [-0.25, -0.2) is 0 Å². The van der Waals surface area contributed by atoms with Crippen molar-refractivity contribution in [1.29, 1.82) is 0 Å². The Balaban J connectivity index is 1.64. The number of alkyl carbamates (subject to hydrolysis) is 1. The Bertz CT molecular complexity index is 1430. The number of rotatable bonds is 15. The van der Waals surface area contributed by atoms with Crippen LogP contribution >= 0.6 is 19.8 Å². The summed E-state index contributed by atoms with van der Waals surface area (Å²) in [5, 5.41) is 9.67. The summed E-state index contributed by atoms with van der Waals surface area (Å²) in [5.74, 6) is 1.99. The molecule has 12 heteroatoms. The minimum atomic E-state index is -1.66. The van der Waals surface area contributed by atoms with Gasteiger partial charge in [0.05, 0.1) is 7.11 Å². The monoisotopic (exact) mass is 734 g/mol. The Hall–Kier alpha value is -3.65. The summed E-state index contributed by atoms with van der Waals surface area (Å²) in [6.07, 6.45) is 2.29. The van der Waals surface area contributed by atoms with Gasteiger partial charge in [-0.1, -0.05) is 0 Å². The summed E-state index contributed by atoms with van der Waals surface area (Å²) in [4.78, 5) is 36.8. The molecule has 0 spiro atoms. The number of hydrogen-bond acceptors (Lipinski definition) is 10. The number of benzene rings is 2. The van der Waals surface area contributed by atoms with E-state index in [4.69, 9.17) is 14.2 Å². The van der Waals surface area contributed by atoms with Gasteiger partial charge in [-0.3, -0.25) is 4.79 Å². The summed E-state index contributed by atoms with van der Waals surface area (Å²) in [6.45, 7) is 9.75. The Morgan fingerprint density at radius 3 is 2.29 bits per heavy atom. The molecule has 0 saturated heterocycles. The Kier molecular flexibility index (Phi) is 13.7. The number of methoxy groups -OCH3 is 2. The molecule has 1 amide bonds. The normalized spacial score (nSPS) is 11.5. The standard InChI is InChI=1S/C33H47IN6O5/c1-23-11-12-25(18-24(23)21-40(6)17-9-10-31(41)44-8)38-29-20-30(37-22-36-29)39-26-13-14-28(43-7)27(19-26)34(5)15-16-35-32(42)45-33(2,3)4/h11-14,18-20,22H,9-10,15-17,21H2,1-8H3,(H,35,42)(H2,36,37,38,39). The van der Waals surface area contributed by atoms with Gasteiger partial charge in [0, 0.05) is 6.42 Å². The molecule has 0 unspecified atom stereocenters. The third-order valence-electron chi connectivity index (χ3n) is 6.70. The molecule has 246 valence electrons. The van der Waals surface area contributed by atoms with Gasteiger partial charge in [-0.15, -0.1) is 0 Å². The predicted octanol–water partition coefficient (Wildman–Crippen LogP) is 6.50. The molecule has 0 atom stereocenters. The number of alkyl halides is 2. The van der Waals surface area contributed by atoms with Crippen LogP contribution in [0.15, 0.2) is 48.8 Å². The smallest absolute Gasteiger partial charge is 0.0394 e. The van der Waals surface area contributed by atoms with Gasteiger partial charge < -0.3 is 9.64 Å². The van der Waals surface area contributed by atoms with Crippen LogP contribution in [0.2, 0.25) is 0 Å². The number of aromatic nitrogens is 2. The van der Waals surface area contributed by atoms with E-state index in [1.807, 2.05) is 52.1 Å². The van der Waals surface area contributed by atoms with E-state index in [0.717, 1.165) is 41.1 Å². The molecule has 0 aliphatic carbocycles. The summed E-state index contributed by atoms with van der Waals surface area (Å²) in [6, 6.07) is 14.2. The van der Waals surface area contributed by atoms with E-state index in [0.29, 0.717) is 24.6 Å². The van der Waals surface area contributed by atoms with Gasteiger partial charge in [-0.05, 0) is 26.9 Å². The fourth-order valence-corrected chi connectivity index (χ4v) is 8.21. The molecule has 0 saturated carbocycles. The van der Waals surface area contributed by atoms with Crippen molar-refractivity contribution in [2.45, 2.75) is 52.7 Å². The van der Waals surface area contributed by atoms with Crippen LogP contribution in [0.1, 0.15) is 44.7 Å². The van der Waals surface area contributed by atoms with E-state index in [1.54, 1.807) is 7.11 Å². The number of esters is 1. The molecule has 3 N–H and O–H groups in total. The van der Waals surface area contributed by atoms with Crippen molar-refractivity contribution >= 4 is 54.9 Å². The van der Waals surface area contributed by atoms with Crippen LogP contribution in [-0.2, 0) is 20.8 Å². The molecule has 0 bridgehead atoms. The molecule has 11 nitrogen and oxygen atoms in total. The molecule has 0 radical (unpaired) electrons. The zero-order chi connectivity index (χ0) is 33.0. The Morgan fingerprint density at radius 2 is 1.64 bits per heavy atom. The first-order chi connectivity index (χ1) is 21.4. The first-order valence-electron chi connectivity index (χ1n) is 14.8. The molecule has 0 fully saturated rings. The second-order valence-electron chi connectivity index (χ2n) is 11.7. The maximum atomic E-state index is 12.1. The number of carbonyl (C=O) groups is 2. The molecular weight excluding hydrogens is 687 g/mol. The summed E-state index contributed by atoms with van der Waals surface area (Å²) < 4.78 is 17.8. The van der Waals surface area contributed by atoms with Crippen molar-refractivity contribution in [3.63, 3.8) is 0 Å². The average Bonchev–Trinajstić information content (AvgIpc) is 2.98. The number of nitrogens with zero attached hydrogens (tertiary/aromatic N) is 3. The SMILES string of the molecule is COC(=O)CCCN(C)Cc1cc(Nc2cc(Nc3ccc(OC)c(I(C)CCNC(=O)OC(C)(C)C)c3)ncn2)ccc1C. The zero-order valence-electron chi connectivity index (χ0n) is 27.6. The van der Waals surface area contributed by atoms with Crippen molar-refractivity contribution < 1.29 is 23.8 Å². The van der Waals surface area contributed by atoms with Gasteiger partial charge >= 0.3 is 220 Å². The zero-order valence-corrected chi connectivity index (χ0v) is 29.8. The topological polar surface area (TPSA) is 127 Å². The van der Waals surface area contributed by atoms with Gasteiger partial charge in [0.2, 0.25) is 0 Å². The van der Waals surface area contributed by atoms with E-state index in [9.17, 15) is 9.59 Å². The number of ether oxygens (including phenoxy) is 3. The van der Waals surface area contributed by atoms with Gasteiger partial charge in [0.25, 0.3) is 0 Å². The van der Waals surface area contributed by atoms with Crippen molar-refractivity contribution in [3.05, 3.63) is 63.5 Å². The average molecular weight is 735 g/mol. The van der Waals surface area contributed by atoms with Crippen LogP contribution in [0.3, 0.4) is 0 Å². The van der Waals surface area contributed by atoms with Gasteiger partial charge in [0.1, 0.15) is 0 Å². The van der Waals surface area contributed by atoms with Crippen molar-refractivity contribution in [2.75, 3.05) is 54.3 Å². The predicted molar refractivity (Wildman–Crippen MR) is 188 cm³/mol. The number of aryl methyl sites for hydroxylation is 1. The van der Waals surface area contributed by atoms with Crippen molar-refractivity contribution in [1.82, 2.24) is 20.2 Å². The maximum absolute atomic E-state index is 12.1. The number of hydrogen-bond donors (Lipinski definition) is 3. The van der Waals surface area contributed by atoms with Crippen molar-refractivity contribution in [3.8, 4) is 5.75 Å². The molecule has 1 aromatic heterocycles. The van der Waals surface area contributed by atoms with Crippen LogP contribution in [0.25, 0.3) is 0 Å². The summed E-state index contributed by atoms with van der Waals surface area (Å²) in [7, 11) is 5.14. The molecule has 45 heavy (non-hydrogen) atoms. The van der Waals surface area contributed by atoms with E-state index >= 15 is 0 Å². The van der Waals surface area contributed by atoms with E-state index in [2.05, 4.69) is 60.9 Å². The fraction of sp³-hybridized carbons (Fsp3) is 0.455. The van der Waals surface area contributed by atoms with E-state index in [1.165, 1.54) is 28.1 Å². The van der Waals surface area contributed by atoms with E-state index < -0.39 is 31.5 Å². The minimum Gasteiger partial charge on any atom is -0.0394 e. The van der Waals surface area contributed by atoms with Crippen LogP contribution in [0.4, 0.5) is 27.8 Å². The van der Waals surface area contributed by atoms with E-state index in [-0.39, 0.29) is 5.97 Å². The number of halogens is 1. The van der Waals surface area contributed by atoms with Crippen LogP contribution < -0.4 is 20.7 Å². The molecular formula is C33H47IN6O5. The number of carbonyl (C=O) groups excluding carboxylic acids is 2. The number of anilines is 4. The third-order valence-corrected chi connectivity index (χ3v) is 11.7. The Labute approximate surface area is 274 Å². The fourth-order valence-electron chi connectivity index (χ4n) is 4.38. The van der Waals surface area contributed by atoms with Gasteiger partial charge in [-0.2, -0.15) is 0 Å². The first kappa shape index (κ1) is 35.8. The first-order valence-corrected chi connectivity index (χ1v) is 19.5. The molecule has 0 aliphatic rings. The Morgan fingerprint density at radius 1 is 0.978 bits per heavy atom. The summed E-state index contributed by atoms with van der Waals surface area (Å²) >= 11 is -1.66. The quantitative estimate of drug-likeness (QED) is 0.0906. The van der Waals surface area contributed by atoms with Gasteiger partial charge in [0.15, 0.2) is 0 Å². The third kappa shape index (κ3) is 12.3. The number of amides is 1. The molecule has 3 rings (SSSR count). The molecule has 0 aliphatic heterocycles. The van der Waals surface area contributed by atoms with Crippen LogP contribution in [0, 0.1) is 10.5 Å². The number of nitrogens with one attached hydrogen (secondary N) is 3. The molecule has 2 aromatic carbocycles. The minimum absolute atomic E-state index is 0.182. The van der Waals surface area contributed by atoms with Crippen LogP contribution in [-0.4, -0.2) is 76.2 Å². The molecule has 3 aromatic rings. The van der Waals surface area contributed by atoms with Crippen LogP contribution in [0.5, 0.6) is 5.75 Å². The second kappa shape index (κ2) is 17.2. The van der Waals surface area contributed by atoms with Crippen molar-refractivity contribution in [2.24, 2.45) is 0 Å². The summed E-state index contributed by atoms with van der Waals surface area (Å²) in [5.41, 5.74) is 3.68. The molecule has 1 heterocycles.